The van der Waals surface area contributed by atoms with E-state index in [-0.39, 0.29) is 34.1 Å². The van der Waals surface area contributed by atoms with E-state index < -0.39 is 0 Å². The number of rotatable bonds is 6. The van der Waals surface area contributed by atoms with Crippen molar-refractivity contribution in [3.8, 4) is 11.4 Å². The molecule has 2 radical (unpaired) electrons. The van der Waals surface area contributed by atoms with E-state index in [1.165, 1.54) is 12.8 Å². The van der Waals surface area contributed by atoms with Crippen LogP contribution < -0.4 is 4.90 Å². The molecule has 0 unspecified atom stereocenters. The van der Waals surface area contributed by atoms with Gasteiger partial charge in [0.15, 0.2) is 5.82 Å². The molecule has 1 fully saturated rings. The van der Waals surface area contributed by atoms with E-state index in [0.29, 0.717) is 11.6 Å². The summed E-state index contributed by atoms with van der Waals surface area (Å²) in [5, 5.41) is 4.55. The quantitative estimate of drug-likeness (QED) is 0.288. The van der Waals surface area contributed by atoms with Crippen LogP contribution in [0.5, 0.6) is 0 Å². The topological polar surface area (TPSA) is 59.7 Å². The molecule has 0 spiro atoms. The summed E-state index contributed by atoms with van der Waals surface area (Å²) in [6.07, 6.45) is 8.74. The normalized spacial score (nSPS) is 12.3. The van der Waals surface area contributed by atoms with Gasteiger partial charge in [-0.2, -0.15) is 23.4 Å². The Morgan fingerprint density at radius 2 is 1.94 bits per heavy atom. The maximum Gasteiger partial charge on any atom is 2.00 e. The van der Waals surface area contributed by atoms with Crippen LogP contribution in [0.15, 0.2) is 36.7 Å². The third-order valence-electron chi connectivity index (χ3n) is 4.71. The van der Waals surface area contributed by atoms with Crippen LogP contribution in [-0.4, -0.2) is 37.8 Å². The largest absolute Gasteiger partial charge is 2.00 e. The van der Waals surface area contributed by atoms with Crippen molar-refractivity contribution < 1.29 is 34.1 Å². The van der Waals surface area contributed by atoms with Gasteiger partial charge in [0.05, 0.1) is 5.69 Å². The molecule has 8 heteroatoms. The zero-order valence-electron chi connectivity index (χ0n) is 17.8. The summed E-state index contributed by atoms with van der Waals surface area (Å²) in [7, 11) is 0. The molecule has 6 nitrogen and oxygen atoms in total. The molecule has 0 N–H and O–H groups in total. The first-order valence-electron chi connectivity index (χ1n) is 10.1. The van der Waals surface area contributed by atoms with Gasteiger partial charge in [0, 0.05) is 18.7 Å². The second-order valence-electron chi connectivity index (χ2n) is 6.92. The van der Waals surface area contributed by atoms with Crippen LogP contribution in [0.4, 0.5) is 5.82 Å². The van der Waals surface area contributed by atoms with Crippen LogP contribution in [0.1, 0.15) is 43.6 Å². The van der Waals surface area contributed by atoms with Crippen LogP contribution >= 0.6 is 0 Å². The van der Waals surface area contributed by atoms with Gasteiger partial charge in [0.25, 0.3) is 0 Å². The minimum absolute atomic E-state index is 0. The summed E-state index contributed by atoms with van der Waals surface area (Å²) in [5.74, 6) is 2.41. The van der Waals surface area contributed by atoms with Crippen molar-refractivity contribution >= 4 is 5.82 Å². The summed E-state index contributed by atoms with van der Waals surface area (Å²) in [5.41, 5.74) is 1.94. The molecule has 0 aliphatic carbocycles. The van der Waals surface area contributed by atoms with Gasteiger partial charge in [0.1, 0.15) is 5.82 Å². The van der Waals surface area contributed by atoms with Crippen molar-refractivity contribution in [2.75, 3.05) is 18.0 Å². The van der Waals surface area contributed by atoms with Crippen LogP contribution in [0.3, 0.4) is 0 Å². The number of hydrogen-bond acceptors (Lipinski definition) is 5. The summed E-state index contributed by atoms with van der Waals surface area (Å²) >= 11 is 0. The molecular weight excluding hydrogens is 470 g/mol. The van der Waals surface area contributed by atoms with E-state index in [0.717, 1.165) is 49.4 Å². The third kappa shape index (κ3) is 7.89. The number of pyridine rings is 2. The zero-order chi connectivity index (χ0) is 20.5. The Bertz CT molecular complexity index is 852. The van der Waals surface area contributed by atoms with Crippen molar-refractivity contribution in [3.05, 3.63) is 74.6 Å². The van der Waals surface area contributed by atoms with Crippen LogP contribution in [0, 0.1) is 33.4 Å². The minimum atomic E-state index is 0. The Morgan fingerprint density at radius 3 is 2.48 bits per heavy atom. The minimum Gasteiger partial charge on any atom is -0.427 e. The number of unbranched alkanes of at least 4 members (excludes halogenated alkanes) is 2. The maximum absolute atomic E-state index is 4.74. The van der Waals surface area contributed by atoms with Crippen molar-refractivity contribution in [3.63, 3.8) is 0 Å². The fourth-order valence-electron chi connectivity index (χ4n) is 3.16. The fourth-order valence-corrected chi connectivity index (χ4v) is 3.16. The van der Waals surface area contributed by atoms with Gasteiger partial charge in [-0.3, -0.25) is 0 Å². The van der Waals surface area contributed by atoms with E-state index in [1.807, 2.05) is 25.6 Å². The van der Waals surface area contributed by atoms with Crippen molar-refractivity contribution in [2.45, 2.75) is 39.0 Å². The molecule has 0 bridgehead atoms. The van der Waals surface area contributed by atoms with E-state index in [2.05, 4.69) is 52.0 Å². The van der Waals surface area contributed by atoms with Gasteiger partial charge in [-0.05, 0) is 31.9 Å². The number of nitrogens with zero attached hydrogens (tertiary/aromatic N) is 6. The average molecular weight is 498 g/mol. The Balaban J connectivity index is 0.000000522. The monoisotopic (exact) mass is 498 g/mol. The molecule has 4 heterocycles. The van der Waals surface area contributed by atoms with Crippen LogP contribution in [0.2, 0.25) is 0 Å². The standard InChI is InChI=1S/C18H24N5.C5H4N.2Mn/c1-4-5-6-13-23-15(3)20-18(21-23)16-9-10-17(19-14(16)2)22-11-7-8-12-22;1-2-4-6-5-3-1;;/h9-10,13H,1,3-8,11-12H2,2H3;1-2,4-5H;;/q-3;-1;2*+2. The van der Waals surface area contributed by atoms with Crippen LogP contribution in [0.25, 0.3) is 11.4 Å². The first-order valence-corrected chi connectivity index (χ1v) is 10.1. The van der Waals surface area contributed by atoms with E-state index >= 15 is 0 Å². The molecule has 164 valence electrons. The van der Waals surface area contributed by atoms with Crippen molar-refractivity contribution in [2.24, 2.45) is 0 Å². The van der Waals surface area contributed by atoms with Gasteiger partial charge >= 0.3 is 34.1 Å². The summed E-state index contributed by atoms with van der Waals surface area (Å²) in [6, 6.07) is 10.6. The Hall–Kier alpha value is -1.98. The molecule has 0 amide bonds. The molecule has 31 heavy (non-hydrogen) atoms. The smallest absolute Gasteiger partial charge is 0.427 e. The van der Waals surface area contributed by atoms with Gasteiger partial charge in [-0.25, -0.2) is 17.1 Å². The summed E-state index contributed by atoms with van der Waals surface area (Å²) in [6.45, 7) is 14.1. The molecule has 1 aliphatic rings. The second-order valence-corrected chi connectivity index (χ2v) is 6.92. The fraction of sp³-hybridized carbons (Fsp3) is 0.348. The zero-order valence-corrected chi connectivity index (χ0v) is 20.2. The van der Waals surface area contributed by atoms with E-state index in [9.17, 15) is 0 Å². The molecule has 3 aromatic heterocycles. The van der Waals surface area contributed by atoms with Crippen molar-refractivity contribution in [1.29, 1.82) is 0 Å². The first-order chi connectivity index (χ1) is 14.2. The Labute approximate surface area is 207 Å². The van der Waals surface area contributed by atoms with Gasteiger partial charge in [-0.15, -0.1) is 6.54 Å². The van der Waals surface area contributed by atoms with E-state index in [1.54, 1.807) is 17.1 Å². The molecule has 1 aliphatic heterocycles. The average Bonchev–Trinajstić information content (AvgIpc) is 3.40. The summed E-state index contributed by atoms with van der Waals surface area (Å²) < 4.78 is 1.76. The molecule has 0 saturated carbocycles. The van der Waals surface area contributed by atoms with Crippen molar-refractivity contribution in [1.82, 2.24) is 24.7 Å². The molecule has 0 atom stereocenters. The molecule has 3 aromatic rings. The Kier molecular flexibility index (Phi) is 12.3. The number of aryl methyl sites for hydroxylation is 1. The third-order valence-corrected chi connectivity index (χ3v) is 4.71. The predicted molar refractivity (Wildman–Crippen MR) is 116 cm³/mol. The summed E-state index contributed by atoms with van der Waals surface area (Å²) in [4.78, 5) is 15.3. The second kappa shape index (κ2) is 14.2. The van der Waals surface area contributed by atoms with Gasteiger partial charge in [-0.1, -0.05) is 25.2 Å². The predicted octanol–water partition coefficient (Wildman–Crippen LogP) is 4.32. The SMILES string of the molecule is [CH2-]CCC[CH-]n1nc(-c2ccc(N3CCCC3)nc2C)nc1[CH2-].[Mn+2].[Mn+2].[c-]1cccnc1. The van der Waals surface area contributed by atoms with Crippen LogP contribution in [-0.2, 0) is 34.1 Å². The van der Waals surface area contributed by atoms with Gasteiger partial charge in [0.2, 0.25) is 0 Å². The Morgan fingerprint density at radius 1 is 1.16 bits per heavy atom. The van der Waals surface area contributed by atoms with Gasteiger partial charge < -0.3 is 33.4 Å². The molecule has 0 aromatic carbocycles. The van der Waals surface area contributed by atoms with E-state index in [4.69, 9.17) is 4.98 Å². The first kappa shape index (κ1) is 27.1. The number of anilines is 1. The molecule has 1 saturated heterocycles. The maximum atomic E-state index is 4.74. The number of aromatic nitrogens is 5. The molecular formula is C23H28Mn2N6. The molecule has 4 rings (SSSR count). The number of hydrogen-bond donors (Lipinski definition) is 0.